The predicted molar refractivity (Wildman–Crippen MR) is 118 cm³/mol. The smallest absolute Gasteiger partial charge is 0.225 e. The molecule has 6 nitrogen and oxygen atoms in total. The Hall–Kier alpha value is -1.89. The number of amides is 1. The summed E-state index contributed by atoms with van der Waals surface area (Å²) in [6.45, 7) is 10.6. The van der Waals surface area contributed by atoms with Gasteiger partial charge < -0.3 is 10.2 Å². The monoisotopic (exact) mass is 425 g/mol. The first-order valence-corrected chi connectivity index (χ1v) is 9.17. The van der Waals surface area contributed by atoms with E-state index in [9.17, 15) is 4.79 Å². The first-order chi connectivity index (χ1) is 12.5. The van der Waals surface area contributed by atoms with Crippen LogP contribution in [0.15, 0.2) is 36.7 Å². The maximum Gasteiger partial charge on any atom is 0.225 e. The zero-order valence-corrected chi connectivity index (χ0v) is 18.2. The Bertz CT molecular complexity index is 729. The Morgan fingerprint density at radius 1 is 1.00 bits per heavy atom. The number of rotatable bonds is 5. The lowest BCUT2D eigenvalue weighted by Crippen LogP contribution is -2.49. The SMILES string of the molecule is CC(=O)NCc1ccc(-c2cnc(N3CCN(C(C)C)CC3)nc2)cc1.Cl.Cl. The zero-order valence-electron chi connectivity index (χ0n) is 16.6. The Labute approximate surface area is 179 Å². The molecule has 0 unspecified atom stereocenters. The number of nitrogens with zero attached hydrogens (tertiary/aromatic N) is 4. The molecule has 1 amide bonds. The standard InChI is InChI=1S/C20H27N5O.2ClH/c1-15(2)24-8-10-25(11-9-24)20-22-13-19(14-23-20)18-6-4-17(5-7-18)12-21-16(3)26;;/h4-7,13-15H,8-12H2,1-3H3,(H,21,26);2*1H. The molecule has 1 aliphatic rings. The maximum absolute atomic E-state index is 11.0. The van der Waals surface area contributed by atoms with Gasteiger partial charge in [-0.2, -0.15) is 0 Å². The summed E-state index contributed by atoms with van der Waals surface area (Å²) in [5.74, 6) is 0.784. The Morgan fingerprint density at radius 3 is 2.07 bits per heavy atom. The van der Waals surface area contributed by atoms with Gasteiger partial charge in [0.05, 0.1) is 0 Å². The van der Waals surface area contributed by atoms with Crippen molar-refractivity contribution < 1.29 is 4.79 Å². The van der Waals surface area contributed by atoms with Gasteiger partial charge >= 0.3 is 0 Å². The van der Waals surface area contributed by atoms with Gasteiger partial charge in [0, 0.05) is 63.6 Å². The summed E-state index contributed by atoms with van der Waals surface area (Å²) >= 11 is 0. The third kappa shape index (κ3) is 6.33. The molecule has 1 saturated heterocycles. The lowest BCUT2D eigenvalue weighted by atomic mass is 10.1. The van der Waals surface area contributed by atoms with E-state index in [1.807, 2.05) is 36.7 Å². The van der Waals surface area contributed by atoms with Gasteiger partial charge in [0.15, 0.2) is 0 Å². The highest BCUT2D eigenvalue weighted by molar-refractivity contribution is 5.85. The second-order valence-electron chi connectivity index (χ2n) is 7.00. The topological polar surface area (TPSA) is 61.4 Å². The van der Waals surface area contributed by atoms with E-state index in [2.05, 4.69) is 38.9 Å². The Morgan fingerprint density at radius 2 is 1.57 bits per heavy atom. The van der Waals surface area contributed by atoms with Crippen LogP contribution in [-0.4, -0.2) is 53.0 Å². The number of piperazine rings is 1. The second-order valence-corrected chi connectivity index (χ2v) is 7.00. The highest BCUT2D eigenvalue weighted by Crippen LogP contribution is 2.20. The number of carbonyl (C=O) groups is 1. The van der Waals surface area contributed by atoms with Gasteiger partial charge in [-0.25, -0.2) is 9.97 Å². The molecule has 1 aromatic carbocycles. The quantitative estimate of drug-likeness (QED) is 0.796. The van der Waals surface area contributed by atoms with Crippen LogP contribution in [0, 0.1) is 0 Å². The average molecular weight is 426 g/mol. The maximum atomic E-state index is 11.0. The third-order valence-corrected chi connectivity index (χ3v) is 4.79. The van der Waals surface area contributed by atoms with E-state index in [0.29, 0.717) is 12.6 Å². The molecule has 1 aromatic heterocycles. The molecular formula is C20H29Cl2N5O. The Balaban J connectivity index is 0.00000196. The van der Waals surface area contributed by atoms with Gasteiger partial charge in [0.1, 0.15) is 0 Å². The van der Waals surface area contributed by atoms with E-state index in [1.54, 1.807) is 0 Å². The number of nitrogens with one attached hydrogen (secondary N) is 1. The van der Waals surface area contributed by atoms with Gasteiger partial charge in [-0.3, -0.25) is 9.69 Å². The van der Waals surface area contributed by atoms with Crippen LogP contribution in [0.2, 0.25) is 0 Å². The van der Waals surface area contributed by atoms with Crippen LogP contribution >= 0.6 is 24.8 Å². The minimum atomic E-state index is -0.0210. The van der Waals surface area contributed by atoms with E-state index in [-0.39, 0.29) is 30.7 Å². The van der Waals surface area contributed by atoms with Crippen molar-refractivity contribution in [1.29, 1.82) is 0 Å². The number of benzene rings is 1. The molecular weight excluding hydrogens is 397 g/mol. The minimum absolute atomic E-state index is 0. The molecule has 1 fully saturated rings. The fraction of sp³-hybridized carbons (Fsp3) is 0.450. The summed E-state index contributed by atoms with van der Waals surface area (Å²) in [4.78, 5) is 24.9. The molecule has 2 aromatic rings. The highest BCUT2D eigenvalue weighted by Gasteiger charge is 2.20. The van der Waals surface area contributed by atoms with Crippen molar-refractivity contribution in [2.75, 3.05) is 31.1 Å². The van der Waals surface area contributed by atoms with E-state index < -0.39 is 0 Å². The number of hydrogen-bond donors (Lipinski definition) is 1. The fourth-order valence-corrected chi connectivity index (χ4v) is 3.11. The molecule has 3 rings (SSSR count). The summed E-state index contributed by atoms with van der Waals surface area (Å²) in [7, 11) is 0. The number of carbonyl (C=O) groups excluding carboxylic acids is 1. The molecule has 0 spiro atoms. The van der Waals surface area contributed by atoms with Crippen molar-refractivity contribution in [2.24, 2.45) is 0 Å². The third-order valence-electron chi connectivity index (χ3n) is 4.79. The molecule has 154 valence electrons. The van der Waals surface area contributed by atoms with Crippen molar-refractivity contribution >= 4 is 36.7 Å². The zero-order chi connectivity index (χ0) is 18.5. The van der Waals surface area contributed by atoms with Crippen molar-refractivity contribution in [2.45, 2.75) is 33.4 Å². The van der Waals surface area contributed by atoms with Crippen LogP contribution in [0.5, 0.6) is 0 Å². The summed E-state index contributed by atoms with van der Waals surface area (Å²) in [5.41, 5.74) is 3.15. The van der Waals surface area contributed by atoms with Crippen LogP contribution in [0.3, 0.4) is 0 Å². The number of anilines is 1. The molecule has 0 atom stereocenters. The average Bonchev–Trinajstić information content (AvgIpc) is 2.67. The minimum Gasteiger partial charge on any atom is -0.352 e. The van der Waals surface area contributed by atoms with Crippen LogP contribution in [0.25, 0.3) is 11.1 Å². The summed E-state index contributed by atoms with van der Waals surface area (Å²) in [5, 5.41) is 2.80. The molecule has 0 saturated carbocycles. The van der Waals surface area contributed by atoms with Gasteiger partial charge in [-0.15, -0.1) is 24.8 Å². The molecule has 1 N–H and O–H groups in total. The summed E-state index contributed by atoms with van der Waals surface area (Å²) in [6.07, 6.45) is 3.78. The van der Waals surface area contributed by atoms with Crippen LogP contribution < -0.4 is 10.2 Å². The molecule has 2 heterocycles. The first-order valence-electron chi connectivity index (χ1n) is 9.17. The van der Waals surface area contributed by atoms with E-state index in [1.165, 1.54) is 6.92 Å². The molecule has 1 aliphatic heterocycles. The summed E-state index contributed by atoms with van der Waals surface area (Å²) < 4.78 is 0. The molecule has 0 bridgehead atoms. The number of halogens is 2. The second kappa shape index (κ2) is 11.2. The van der Waals surface area contributed by atoms with Gasteiger partial charge in [-0.1, -0.05) is 24.3 Å². The molecule has 0 radical (unpaired) electrons. The van der Waals surface area contributed by atoms with Crippen molar-refractivity contribution in [3.8, 4) is 11.1 Å². The van der Waals surface area contributed by atoms with Gasteiger partial charge in [0.2, 0.25) is 11.9 Å². The van der Waals surface area contributed by atoms with Gasteiger partial charge in [0.25, 0.3) is 0 Å². The van der Waals surface area contributed by atoms with E-state index in [4.69, 9.17) is 0 Å². The number of aromatic nitrogens is 2. The largest absolute Gasteiger partial charge is 0.352 e. The normalized spacial score (nSPS) is 14.2. The molecule has 0 aliphatic carbocycles. The lowest BCUT2D eigenvalue weighted by Gasteiger charge is -2.36. The predicted octanol–water partition coefficient (Wildman–Crippen LogP) is 3.15. The number of hydrogen-bond acceptors (Lipinski definition) is 5. The lowest BCUT2D eigenvalue weighted by molar-refractivity contribution is -0.119. The van der Waals surface area contributed by atoms with Crippen LogP contribution in [0.4, 0.5) is 5.95 Å². The van der Waals surface area contributed by atoms with E-state index >= 15 is 0 Å². The van der Waals surface area contributed by atoms with E-state index in [0.717, 1.165) is 48.8 Å². The Kier molecular flexibility index (Phi) is 9.65. The molecule has 28 heavy (non-hydrogen) atoms. The van der Waals surface area contributed by atoms with Crippen molar-refractivity contribution in [1.82, 2.24) is 20.2 Å². The first kappa shape index (κ1) is 24.1. The van der Waals surface area contributed by atoms with Crippen molar-refractivity contribution in [3.05, 3.63) is 42.2 Å². The van der Waals surface area contributed by atoms with Gasteiger partial charge in [-0.05, 0) is 25.0 Å². The van der Waals surface area contributed by atoms with Crippen molar-refractivity contribution in [3.63, 3.8) is 0 Å². The highest BCUT2D eigenvalue weighted by atomic mass is 35.5. The fourth-order valence-electron chi connectivity index (χ4n) is 3.11. The van der Waals surface area contributed by atoms with Crippen LogP contribution in [0.1, 0.15) is 26.3 Å². The molecule has 8 heteroatoms. The van der Waals surface area contributed by atoms with Crippen LogP contribution in [-0.2, 0) is 11.3 Å². The summed E-state index contributed by atoms with van der Waals surface area (Å²) in [6, 6.07) is 8.71.